The van der Waals surface area contributed by atoms with Crippen molar-refractivity contribution in [2.75, 3.05) is 26.4 Å². The molecular weight excluding hydrogens is 783 g/mol. The minimum atomic E-state index is -0.452. The van der Waals surface area contributed by atoms with Crippen LogP contribution >= 0.6 is 0 Å². The van der Waals surface area contributed by atoms with Crippen LogP contribution in [0.2, 0.25) is 0 Å². The molecule has 0 saturated carbocycles. The third kappa shape index (κ3) is 19.3. The Bertz CT molecular complexity index is 1720. The quantitative estimate of drug-likeness (QED) is 0.0258. The molecule has 0 unspecified atom stereocenters. The minimum absolute atomic E-state index is 0.0598. The third-order valence-electron chi connectivity index (χ3n) is 10.4. The molecule has 0 aliphatic heterocycles. The maximum absolute atomic E-state index is 11.4. The van der Waals surface area contributed by atoms with Crippen molar-refractivity contribution < 1.29 is 38.1 Å². The van der Waals surface area contributed by atoms with Gasteiger partial charge in [-0.1, -0.05) is 105 Å². The lowest BCUT2D eigenvalue weighted by molar-refractivity contribution is -0.385. The van der Waals surface area contributed by atoms with E-state index >= 15 is 0 Å². The number of ether oxygens (including phenoxy) is 7. The number of unbranched alkanes of at least 4 members (excludes halogenated alkanes) is 12. The van der Waals surface area contributed by atoms with E-state index in [0.717, 1.165) is 91.1 Å². The van der Waals surface area contributed by atoms with Crippen LogP contribution in [0.4, 0.5) is 5.69 Å². The van der Waals surface area contributed by atoms with Gasteiger partial charge in [-0.3, -0.25) is 10.1 Å². The first-order chi connectivity index (χ1) is 30.3. The fourth-order valence-electron chi connectivity index (χ4n) is 6.85. The Hall–Kier alpha value is -5.12. The summed E-state index contributed by atoms with van der Waals surface area (Å²) in [6.07, 6.45) is 18.0. The molecule has 4 aromatic carbocycles. The molecule has 0 N–H and O–H groups in total. The van der Waals surface area contributed by atoms with E-state index in [4.69, 9.17) is 33.2 Å². The molecular formula is C52H72NO9. The summed E-state index contributed by atoms with van der Waals surface area (Å²) in [4.78, 5) is 10.9. The number of hydrogen-bond acceptors (Lipinski definition) is 9. The Kier molecular flexibility index (Phi) is 23.4. The van der Waals surface area contributed by atoms with Gasteiger partial charge in [0.25, 0.3) is 5.69 Å². The summed E-state index contributed by atoms with van der Waals surface area (Å²) in [7, 11) is 0. The van der Waals surface area contributed by atoms with Crippen molar-refractivity contribution >= 4 is 5.69 Å². The van der Waals surface area contributed by atoms with Crippen LogP contribution in [0.1, 0.15) is 153 Å². The molecule has 0 aliphatic rings. The maximum Gasteiger partial charge on any atom is 0.272 e. The van der Waals surface area contributed by atoms with Gasteiger partial charge in [-0.15, -0.1) is 0 Å². The van der Waals surface area contributed by atoms with E-state index in [1.807, 2.05) is 54.6 Å². The Labute approximate surface area is 371 Å². The second-order valence-corrected chi connectivity index (χ2v) is 16.0. The van der Waals surface area contributed by atoms with E-state index < -0.39 is 4.92 Å². The first-order valence-electron chi connectivity index (χ1n) is 23.2. The molecule has 10 nitrogen and oxygen atoms in total. The fraction of sp³-hybridized carbons (Fsp3) is 0.519. The molecule has 0 amide bonds. The lowest BCUT2D eigenvalue weighted by atomic mass is 10.1. The molecule has 0 atom stereocenters. The Morgan fingerprint density at radius 2 is 0.710 bits per heavy atom. The normalized spacial score (nSPS) is 11.0. The molecule has 4 aromatic rings. The summed E-state index contributed by atoms with van der Waals surface area (Å²) in [6.45, 7) is 15.9. The molecule has 0 saturated heterocycles. The van der Waals surface area contributed by atoms with Gasteiger partial charge in [-0.05, 0) is 97.8 Å². The number of nitro benzene ring substituents is 1. The summed E-state index contributed by atoms with van der Waals surface area (Å²) in [5.74, 6) is 4.72. The van der Waals surface area contributed by atoms with E-state index in [2.05, 4.69) is 34.6 Å². The highest BCUT2D eigenvalue weighted by molar-refractivity contribution is 5.47. The van der Waals surface area contributed by atoms with E-state index in [1.54, 1.807) is 12.1 Å². The molecule has 10 heteroatoms. The molecule has 0 aromatic heterocycles. The van der Waals surface area contributed by atoms with Gasteiger partial charge in [0.15, 0.2) is 0 Å². The predicted molar refractivity (Wildman–Crippen MR) is 248 cm³/mol. The average Bonchev–Trinajstić information content (AvgIpc) is 3.26. The Balaban J connectivity index is 1.55. The second kappa shape index (κ2) is 29.2. The van der Waals surface area contributed by atoms with Crippen molar-refractivity contribution in [3.8, 4) is 40.2 Å². The Morgan fingerprint density at radius 3 is 1.00 bits per heavy atom. The summed E-state index contributed by atoms with van der Waals surface area (Å²) in [5.41, 5.74) is 2.86. The van der Waals surface area contributed by atoms with Crippen molar-refractivity contribution in [1.29, 1.82) is 0 Å². The molecule has 4 rings (SSSR count). The van der Waals surface area contributed by atoms with E-state index in [-0.39, 0.29) is 31.1 Å². The average molecular weight is 855 g/mol. The van der Waals surface area contributed by atoms with E-state index in [1.165, 1.54) is 57.4 Å². The molecule has 0 heterocycles. The van der Waals surface area contributed by atoms with Crippen molar-refractivity contribution in [1.82, 2.24) is 0 Å². The number of nitrogens with zero attached hydrogens (tertiary/aromatic N) is 1. The van der Waals surface area contributed by atoms with Crippen LogP contribution in [0.5, 0.6) is 40.2 Å². The molecule has 339 valence electrons. The Morgan fingerprint density at radius 1 is 0.403 bits per heavy atom. The van der Waals surface area contributed by atoms with Crippen molar-refractivity contribution in [2.24, 2.45) is 0 Å². The van der Waals surface area contributed by atoms with E-state index in [9.17, 15) is 10.1 Å². The lowest BCUT2D eigenvalue weighted by Crippen LogP contribution is -2.04. The third-order valence-corrected chi connectivity index (χ3v) is 10.4. The zero-order chi connectivity index (χ0) is 44.2. The van der Waals surface area contributed by atoms with Crippen LogP contribution in [0.25, 0.3) is 0 Å². The van der Waals surface area contributed by atoms with Crippen molar-refractivity contribution in [3.05, 3.63) is 112 Å². The van der Waals surface area contributed by atoms with Gasteiger partial charge in [0.05, 0.1) is 31.4 Å². The first kappa shape index (κ1) is 49.5. The largest absolute Gasteiger partial charge is 0.493 e. The predicted octanol–water partition coefficient (Wildman–Crippen LogP) is 14.4. The molecule has 1 radical (unpaired) electrons. The molecule has 0 bridgehead atoms. The highest BCUT2D eigenvalue weighted by atomic mass is 16.6. The first-order valence-corrected chi connectivity index (χ1v) is 23.2. The molecule has 0 aliphatic carbocycles. The molecule has 62 heavy (non-hydrogen) atoms. The van der Waals surface area contributed by atoms with Crippen LogP contribution in [0, 0.1) is 17.0 Å². The summed E-state index contributed by atoms with van der Waals surface area (Å²) < 4.78 is 43.9. The van der Waals surface area contributed by atoms with Crippen LogP contribution in [-0.2, 0) is 19.8 Å². The zero-order valence-electron chi connectivity index (χ0n) is 38.0. The lowest BCUT2D eigenvalue weighted by Gasteiger charge is -2.16. The van der Waals surface area contributed by atoms with Gasteiger partial charge in [-0.2, -0.15) is 0 Å². The van der Waals surface area contributed by atoms with E-state index in [0.29, 0.717) is 43.7 Å². The second-order valence-electron chi connectivity index (χ2n) is 16.0. The van der Waals surface area contributed by atoms with Crippen LogP contribution < -0.4 is 33.2 Å². The summed E-state index contributed by atoms with van der Waals surface area (Å²) >= 11 is 0. The van der Waals surface area contributed by atoms with Crippen LogP contribution in [0.15, 0.2) is 72.8 Å². The minimum Gasteiger partial charge on any atom is -0.493 e. The summed E-state index contributed by atoms with van der Waals surface area (Å²) in [5, 5.41) is 11.4. The van der Waals surface area contributed by atoms with Gasteiger partial charge < -0.3 is 33.2 Å². The van der Waals surface area contributed by atoms with Crippen LogP contribution in [-0.4, -0.2) is 31.4 Å². The SMILES string of the molecule is [CH2]c1cc(OCc2cc(OCc3cc(OCCCCCC)cc(OCCCCCC)c3)cc(OCc3cc(OCCCCCC)cc(OCCCCCC)c3)c2)ccc1[N+](=O)[O-]. The highest BCUT2D eigenvalue weighted by Gasteiger charge is 2.13. The number of benzene rings is 4. The zero-order valence-corrected chi connectivity index (χ0v) is 38.0. The fourth-order valence-corrected chi connectivity index (χ4v) is 6.85. The van der Waals surface area contributed by atoms with Crippen molar-refractivity contribution in [2.45, 2.75) is 150 Å². The van der Waals surface area contributed by atoms with Gasteiger partial charge in [0, 0.05) is 29.8 Å². The van der Waals surface area contributed by atoms with Gasteiger partial charge >= 0.3 is 0 Å². The number of rotatable bonds is 34. The molecule has 0 fully saturated rings. The molecule has 0 spiro atoms. The summed E-state index contributed by atoms with van der Waals surface area (Å²) in [6, 6.07) is 22.3. The topological polar surface area (TPSA) is 108 Å². The van der Waals surface area contributed by atoms with Crippen LogP contribution in [0.3, 0.4) is 0 Å². The van der Waals surface area contributed by atoms with Gasteiger partial charge in [0.1, 0.15) is 60.1 Å². The van der Waals surface area contributed by atoms with Gasteiger partial charge in [0.2, 0.25) is 0 Å². The standard InChI is InChI=1S/C52H72NO9/c1-6-10-14-18-24-56-46-29-42(30-47(35-46)57-25-19-15-11-7-2)39-61-50-33-44(38-60-45-22-23-52(53(54)55)41(5)28-45)34-51(37-50)62-40-43-31-48(58-26-20-16-12-8-3)36-49(32-43)59-27-21-17-13-9-4/h22-23,28-37H,5-21,24-27,38-40H2,1-4H3. The smallest absolute Gasteiger partial charge is 0.272 e. The number of nitro groups is 1. The maximum atomic E-state index is 11.4. The van der Waals surface area contributed by atoms with Crippen molar-refractivity contribution in [3.63, 3.8) is 0 Å². The van der Waals surface area contributed by atoms with Gasteiger partial charge in [-0.25, -0.2) is 0 Å². The highest BCUT2D eigenvalue weighted by Crippen LogP contribution is 2.31. The number of hydrogen-bond donors (Lipinski definition) is 0. The monoisotopic (exact) mass is 855 g/mol.